The zero-order valence-corrected chi connectivity index (χ0v) is 10.6. The van der Waals surface area contributed by atoms with E-state index in [-0.39, 0.29) is 11.1 Å². The number of carbonyl (C=O) groups is 1. The highest BCUT2D eigenvalue weighted by Crippen LogP contribution is 2.18. The van der Waals surface area contributed by atoms with Crippen molar-refractivity contribution < 1.29 is 4.79 Å². The van der Waals surface area contributed by atoms with Crippen LogP contribution in [0.25, 0.3) is 5.69 Å². The van der Waals surface area contributed by atoms with Gasteiger partial charge in [-0.05, 0) is 31.9 Å². The van der Waals surface area contributed by atoms with Crippen molar-refractivity contribution in [3.63, 3.8) is 0 Å². The Bertz CT molecular complexity index is 652. The monoisotopic (exact) mass is 242 g/mol. The van der Waals surface area contributed by atoms with Gasteiger partial charge in [0, 0.05) is 11.8 Å². The molecule has 0 saturated carbocycles. The second-order valence-corrected chi connectivity index (χ2v) is 4.31. The normalized spacial score (nSPS) is 10.4. The molecule has 4 heteroatoms. The molecular formula is C14H14N2O2. The van der Waals surface area contributed by atoms with E-state index in [1.165, 1.54) is 6.07 Å². The first kappa shape index (κ1) is 12.2. The molecule has 2 aromatic rings. The zero-order valence-electron chi connectivity index (χ0n) is 10.6. The third kappa shape index (κ3) is 1.97. The molecule has 0 radical (unpaired) electrons. The Labute approximate surface area is 105 Å². The van der Waals surface area contributed by atoms with Crippen LogP contribution in [0.1, 0.15) is 27.3 Å². The van der Waals surface area contributed by atoms with Gasteiger partial charge in [0.15, 0.2) is 12.0 Å². The van der Waals surface area contributed by atoms with Crippen LogP contribution in [0.3, 0.4) is 0 Å². The average Bonchev–Trinajstić information content (AvgIpc) is 2.31. The Balaban J connectivity index is 2.79. The summed E-state index contributed by atoms with van der Waals surface area (Å²) in [6.07, 6.45) is 0.492. The predicted molar refractivity (Wildman–Crippen MR) is 69.4 cm³/mol. The number of aldehydes is 1. The van der Waals surface area contributed by atoms with E-state index in [1.54, 1.807) is 11.6 Å². The summed E-state index contributed by atoms with van der Waals surface area (Å²) in [5.41, 5.74) is 3.31. The van der Waals surface area contributed by atoms with Crippen molar-refractivity contribution in [2.75, 3.05) is 0 Å². The summed E-state index contributed by atoms with van der Waals surface area (Å²) in [6, 6.07) is 7.35. The molecule has 0 spiro atoms. The molecular weight excluding hydrogens is 228 g/mol. The number of nitrogens with zero attached hydrogens (tertiary/aromatic N) is 2. The van der Waals surface area contributed by atoms with Gasteiger partial charge < -0.3 is 0 Å². The van der Waals surface area contributed by atoms with Gasteiger partial charge in [0.2, 0.25) is 5.43 Å². The Hall–Kier alpha value is -2.23. The topological polar surface area (TPSA) is 52.0 Å². The number of aromatic nitrogens is 2. The standard InChI is InChI=1S/C14H14N2O2/c1-9-5-4-6-10(2)14(9)16-11(3)7-13(18)12(8-17)15-16/h4-8H,1-3H3. The molecule has 0 aliphatic carbocycles. The number of para-hydroxylation sites is 1. The van der Waals surface area contributed by atoms with Crippen molar-refractivity contribution in [1.82, 2.24) is 9.78 Å². The molecule has 1 aromatic carbocycles. The summed E-state index contributed by atoms with van der Waals surface area (Å²) in [5.74, 6) is 0. The first-order valence-electron chi connectivity index (χ1n) is 5.67. The SMILES string of the molecule is Cc1cccc(C)c1-n1nc(C=O)c(=O)cc1C. The van der Waals surface area contributed by atoms with Gasteiger partial charge in [-0.25, -0.2) is 4.68 Å². The minimum Gasteiger partial charge on any atom is -0.296 e. The molecule has 0 aliphatic rings. The van der Waals surface area contributed by atoms with Gasteiger partial charge in [-0.1, -0.05) is 18.2 Å². The molecule has 4 nitrogen and oxygen atoms in total. The highest BCUT2D eigenvalue weighted by atomic mass is 16.1. The van der Waals surface area contributed by atoms with Crippen LogP contribution in [-0.2, 0) is 0 Å². The van der Waals surface area contributed by atoms with Crippen LogP contribution in [0.15, 0.2) is 29.1 Å². The summed E-state index contributed by atoms with van der Waals surface area (Å²) in [5, 5.41) is 4.12. The number of aryl methyl sites for hydroxylation is 3. The van der Waals surface area contributed by atoms with Gasteiger partial charge in [0.05, 0.1) is 5.69 Å². The molecule has 0 atom stereocenters. The van der Waals surface area contributed by atoms with Crippen LogP contribution in [0.5, 0.6) is 0 Å². The van der Waals surface area contributed by atoms with Crippen LogP contribution >= 0.6 is 0 Å². The number of carbonyl (C=O) groups excluding carboxylic acids is 1. The molecule has 92 valence electrons. The first-order valence-corrected chi connectivity index (χ1v) is 5.67. The Morgan fingerprint density at radius 1 is 1.17 bits per heavy atom. The van der Waals surface area contributed by atoms with Crippen LogP contribution in [0, 0.1) is 20.8 Å². The van der Waals surface area contributed by atoms with Crippen molar-refractivity contribution >= 4 is 6.29 Å². The molecule has 0 unspecified atom stereocenters. The molecule has 0 bridgehead atoms. The average molecular weight is 242 g/mol. The fourth-order valence-corrected chi connectivity index (χ4v) is 2.01. The Kier molecular flexibility index (Phi) is 3.10. The number of rotatable bonds is 2. The first-order chi connectivity index (χ1) is 8.54. The minimum atomic E-state index is -0.343. The summed E-state index contributed by atoms with van der Waals surface area (Å²) < 4.78 is 1.65. The lowest BCUT2D eigenvalue weighted by molar-refractivity contribution is 0.111. The quantitative estimate of drug-likeness (QED) is 0.756. The lowest BCUT2D eigenvalue weighted by Crippen LogP contribution is -2.19. The largest absolute Gasteiger partial charge is 0.296 e. The third-order valence-corrected chi connectivity index (χ3v) is 2.90. The molecule has 1 aromatic heterocycles. The Morgan fingerprint density at radius 3 is 2.33 bits per heavy atom. The van der Waals surface area contributed by atoms with Crippen molar-refractivity contribution in [2.45, 2.75) is 20.8 Å². The summed E-state index contributed by atoms with van der Waals surface area (Å²) in [6.45, 7) is 5.75. The molecule has 18 heavy (non-hydrogen) atoms. The van der Waals surface area contributed by atoms with Gasteiger partial charge in [0.25, 0.3) is 0 Å². The van der Waals surface area contributed by atoms with Crippen molar-refractivity contribution in [3.05, 3.63) is 57.0 Å². The maximum atomic E-state index is 11.5. The molecule has 0 N–H and O–H groups in total. The van der Waals surface area contributed by atoms with Gasteiger partial charge >= 0.3 is 0 Å². The third-order valence-electron chi connectivity index (χ3n) is 2.90. The van der Waals surface area contributed by atoms with E-state index in [0.29, 0.717) is 12.0 Å². The highest BCUT2D eigenvalue weighted by molar-refractivity contribution is 5.71. The maximum absolute atomic E-state index is 11.5. The maximum Gasteiger partial charge on any atom is 0.211 e. The van der Waals surface area contributed by atoms with Gasteiger partial charge in [-0.3, -0.25) is 9.59 Å². The smallest absolute Gasteiger partial charge is 0.211 e. The summed E-state index contributed by atoms with van der Waals surface area (Å²) in [7, 11) is 0. The highest BCUT2D eigenvalue weighted by Gasteiger charge is 2.10. The molecule has 0 amide bonds. The lowest BCUT2D eigenvalue weighted by Gasteiger charge is -2.14. The van der Waals surface area contributed by atoms with Crippen molar-refractivity contribution in [3.8, 4) is 5.69 Å². The van der Waals surface area contributed by atoms with Gasteiger partial charge in [0.1, 0.15) is 0 Å². The van der Waals surface area contributed by atoms with Gasteiger partial charge in [-0.2, -0.15) is 5.10 Å². The van der Waals surface area contributed by atoms with Gasteiger partial charge in [-0.15, -0.1) is 0 Å². The lowest BCUT2D eigenvalue weighted by atomic mass is 10.1. The Morgan fingerprint density at radius 2 is 1.78 bits per heavy atom. The summed E-state index contributed by atoms with van der Waals surface area (Å²) >= 11 is 0. The fraction of sp³-hybridized carbons (Fsp3) is 0.214. The van der Waals surface area contributed by atoms with E-state index in [0.717, 1.165) is 16.8 Å². The van der Waals surface area contributed by atoms with Crippen LogP contribution in [0.2, 0.25) is 0 Å². The van der Waals surface area contributed by atoms with E-state index in [1.807, 2.05) is 32.0 Å². The predicted octanol–water partition coefficient (Wildman–Crippen LogP) is 1.97. The van der Waals surface area contributed by atoms with E-state index in [9.17, 15) is 9.59 Å². The molecule has 0 fully saturated rings. The van der Waals surface area contributed by atoms with E-state index in [2.05, 4.69) is 5.10 Å². The fourth-order valence-electron chi connectivity index (χ4n) is 2.01. The van der Waals surface area contributed by atoms with E-state index in [4.69, 9.17) is 0 Å². The molecule has 1 heterocycles. The molecule has 0 saturated heterocycles. The van der Waals surface area contributed by atoms with Crippen LogP contribution in [0.4, 0.5) is 0 Å². The van der Waals surface area contributed by atoms with Crippen molar-refractivity contribution in [1.29, 1.82) is 0 Å². The zero-order chi connectivity index (χ0) is 13.3. The minimum absolute atomic E-state index is 0.0664. The van der Waals surface area contributed by atoms with Crippen LogP contribution < -0.4 is 5.43 Å². The second kappa shape index (κ2) is 4.56. The summed E-state index contributed by atoms with van der Waals surface area (Å²) in [4.78, 5) is 22.3. The molecule has 2 rings (SSSR count). The van der Waals surface area contributed by atoms with Crippen LogP contribution in [-0.4, -0.2) is 16.1 Å². The van der Waals surface area contributed by atoms with E-state index < -0.39 is 0 Å². The second-order valence-electron chi connectivity index (χ2n) is 4.31. The number of hydrogen-bond donors (Lipinski definition) is 0. The number of benzene rings is 1. The number of hydrogen-bond acceptors (Lipinski definition) is 3. The van der Waals surface area contributed by atoms with Crippen molar-refractivity contribution in [2.24, 2.45) is 0 Å². The molecule has 0 aliphatic heterocycles. The van der Waals surface area contributed by atoms with E-state index >= 15 is 0 Å².